The molecule has 0 aliphatic carbocycles. The SMILES string of the molecule is C#CCOc1c(I)cc(/C=c2\sc3n(c2=O)[C@H](c2ccc(OC)cc2)C(C(=O)OCC)=C(C)N=3)cc1OC. The van der Waals surface area contributed by atoms with Gasteiger partial charge in [0.2, 0.25) is 0 Å². The van der Waals surface area contributed by atoms with Crippen LogP contribution in [0.1, 0.15) is 31.0 Å². The van der Waals surface area contributed by atoms with Gasteiger partial charge in [0.25, 0.3) is 5.56 Å². The highest BCUT2D eigenvalue weighted by molar-refractivity contribution is 14.1. The Labute approximate surface area is 237 Å². The number of thiazole rings is 1. The second-order valence-corrected chi connectivity index (χ2v) is 10.3. The van der Waals surface area contributed by atoms with Crippen LogP contribution in [0.25, 0.3) is 6.08 Å². The van der Waals surface area contributed by atoms with Crippen LogP contribution < -0.4 is 29.1 Å². The van der Waals surface area contributed by atoms with Crippen molar-refractivity contribution >= 4 is 46.0 Å². The summed E-state index contributed by atoms with van der Waals surface area (Å²) in [6.45, 7) is 3.81. The van der Waals surface area contributed by atoms with Crippen molar-refractivity contribution in [1.82, 2.24) is 4.57 Å². The molecule has 2 heterocycles. The maximum atomic E-state index is 13.8. The second kappa shape index (κ2) is 11.9. The molecule has 0 bridgehead atoms. The lowest BCUT2D eigenvalue weighted by Gasteiger charge is -2.24. The van der Waals surface area contributed by atoms with Gasteiger partial charge in [-0.3, -0.25) is 9.36 Å². The molecule has 1 aliphatic rings. The second-order valence-electron chi connectivity index (χ2n) is 8.10. The number of nitrogens with zero attached hydrogens (tertiary/aromatic N) is 2. The Morgan fingerprint density at radius 1 is 1.24 bits per heavy atom. The third-order valence-electron chi connectivity index (χ3n) is 5.80. The average molecular weight is 644 g/mol. The van der Waals surface area contributed by atoms with Crippen molar-refractivity contribution in [2.75, 3.05) is 27.4 Å². The van der Waals surface area contributed by atoms with Gasteiger partial charge in [-0.25, -0.2) is 9.79 Å². The number of esters is 1. The molecule has 10 heteroatoms. The summed E-state index contributed by atoms with van der Waals surface area (Å²) in [5.74, 6) is 3.64. The van der Waals surface area contributed by atoms with E-state index in [0.29, 0.717) is 37.9 Å². The fourth-order valence-electron chi connectivity index (χ4n) is 4.12. The smallest absolute Gasteiger partial charge is 0.338 e. The highest BCUT2D eigenvalue weighted by atomic mass is 127. The van der Waals surface area contributed by atoms with Crippen LogP contribution >= 0.6 is 33.9 Å². The Balaban J connectivity index is 1.90. The molecule has 0 unspecified atom stereocenters. The van der Waals surface area contributed by atoms with Gasteiger partial charge >= 0.3 is 5.97 Å². The van der Waals surface area contributed by atoms with E-state index in [-0.39, 0.29) is 18.8 Å². The van der Waals surface area contributed by atoms with Gasteiger partial charge in [0.1, 0.15) is 12.4 Å². The van der Waals surface area contributed by atoms with Crippen LogP contribution in [-0.2, 0) is 9.53 Å². The highest BCUT2D eigenvalue weighted by Gasteiger charge is 2.33. The number of carbonyl (C=O) groups is 1. The summed E-state index contributed by atoms with van der Waals surface area (Å²) in [5, 5.41) is 0. The number of hydrogen-bond donors (Lipinski definition) is 0. The lowest BCUT2D eigenvalue weighted by atomic mass is 9.96. The summed E-state index contributed by atoms with van der Waals surface area (Å²) in [5.41, 5.74) is 2.03. The predicted molar refractivity (Wildman–Crippen MR) is 153 cm³/mol. The van der Waals surface area contributed by atoms with Crippen molar-refractivity contribution in [1.29, 1.82) is 0 Å². The number of ether oxygens (including phenoxy) is 4. The minimum absolute atomic E-state index is 0.109. The maximum absolute atomic E-state index is 13.8. The standard InChI is InChI=1S/C28H25IN2O6S/c1-6-12-37-25-20(29)13-17(14-21(25)35-5)15-22-26(32)31-24(18-8-10-19(34-4)11-9-18)23(27(33)36-7-2)16(3)30-28(31)38-22/h1,8-11,13-15,24H,7,12H2,2-5H3/b22-15-/t24-/m1/s1. The van der Waals surface area contributed by atoms with Crippen molar-refractivity contribution in [3.8, 4) is 29.6 Å². The number of allylic oxidation sites excluding steroid dienone is 1. The molecule has 2 aromatic carbocycles. The Hall–Kier alpha value is -3.56. The number of hydrogen-bond acceptors (Lipinski definition) is 8. The van der Waals surface area contributed by atoms with Gasteiger partial charge in [0.05, 0.1) is 46.2 Å². The number of fused-ring (bicyclic) bond motifs is 1. The van der Waals surface area contributed by atoms with Crippen LogP contribution in [0.15, 0.2) is 57.5 Å². The van der Waals surface area contributed by atoms with E-state index in [4.69, 9.17) is 25.4 Å². The molecule has 3 aromatic rings. The summed E-state index contributed by atoms with van der Waals surface area (Å²) in [6.07, 6.45) is 7.10. The number of aromatic nitrogens is 1. The molecule has 8 nitrogen and oxygen atoms in total. The molecule has 0 saturated heterocycles. The van der Waals surface area contributed by atoms with Crippen LogP contribution in [0.3, 0.4) is 0 Å². The fraction of sp³-hybridized carbons (Fsp3) is 0.250. The summed E-state index contributed by atoms with van der Waals surface area (Å²) in [4.78, 5) is 31.9. The van der Waals surface area contributed by atoms with Crippen molar-refractivity contribution < 1.29 is 23.7 Å². The van der Waals surface area contributed by atoms with E-state index < -0.39 is 12.0 Å². The number of methoxy groups -OCH3 is 2. The topological polar surface area (TPSA) is 88.4 Å². The van der Waals surface area contributed by atoms with Crippen molar-refractivity contribution in [3.05, 3.63) is 82.1 Å². The van der Waals surface area contributed by atoms with Crippen molar-refractivity contribution in [2.24, 2.45) is 4.99 Å². The Kier molecular flexibility index (Phi) is 8.58. The van der Waals surface area contributed by atoms with Crippen LogP contribution in [0, 0.1) is 15.9 Å². The normalized spacial score (nSPS) is 14.8. The molecular weight excluding hydrogens is 619 g/mol. The van der Waals surface area contributed by atoms with E-state index in [1.807, 2.05) is 18.2 Å². The highest BCUT2D eigenvalue weighted by Crippen LogP contribution is 2.34. The largest absolute Gasteiger partial charge is 0.497 e. The van der Waals surface area contributed by atoms with E-state index in [1.165, 1.54) is 11.3 Å². The minimum Gasteiger partial charge on any atom is -0.497 e. The maximum Gasteiger partial charge on any atom is 0.338 e. The monoisotopic (exact) mass is 644 g/mol. The lowest BCUT2D eigenvalue weighted by molar-refractivity contribution is -0.139. The zero-order chi connectivity index (χ0) is 27.4. The summed E-state index contributed by atoms with van der Waals surface area (Å²) in [7, 11) is 3.12. The summed E-state index contributed by atoms with van der Waals surface area (Å²) < 4.78 is 24.5. The van der Waals surface area contributed by atoms with E-state index in [9.17, 15) is 9.59 Å². The first-order chi connectivity index (χ1) is 18.3. The first kappa shape index (κ1) is 27.5. The number of rotatable bonds is 8. The van der Waals surface area contributed by atoms with Gasteiger partial charge in [-0.15, -0.1) is 6.42 Å². The molecule has 196 valence electrons. The van der Waals surface area contributed by atoms with E-state index in [1.54, 1.807) is 56.9 Å². The molecular formula is C28H25IN2O6S. The zero-order valence-electron chi connectivity index (χ0n) is 21.2. The molecule has 1 aromatic heterocycles. The lowest BCUT2D eigenvalue weighted by Crippen LogP contribution is -2.39. The van der Waals surface area contributed by atoms with Crippen molar-refractivity contribution in [2.45, 2.75) is 19.9 Å². The van der Waals surface area contributed by atoms with Crippen molar-refractivity contribution in [3.63, 3.8) is 0 Å². The molecule has 0 saturated carbocycles. The van der Waals surface area contributed by atoms with Gasteiger partial charge in [0.15, 0.2) is 16.3 Å². The molecule has 0 amide bonds. The van der Waals surface area contributed by atoms with Crippen LogP contribution in [-0.4, -0.2) is 38.0 Å². The van der Waals surface area contributed by atoms with Gasteiger partial charge in [-0.2, -0.15) is 0 Å². The van der Waals surface area contributed by atoms with Gasteiger partial charge < -0.3 is 18.9 Å². The zero-order valence-corrected chi connectivity index (χ0v) is 24.2. The number of benzene rings is 2. The molecule has 0 spiro atoms. The number of terminal acetylenes is 1. The quantitative estimate of drug-likeness (QED) is 0.212. The first-order valence-corrected chi connectivity index (χ1v) is 13.5. The van der Waals surface area contributed by atoms with Crippen LogP contribution in [0.4, 0.5) is 0 Å². The molecule has 38 heavy (non-hydrogen) atoms. The molecule has 0 N–H and O–H groups in total. The predicted octanol–water partition coefficient (Wildman–Crippen LogP) is 3.43. The molecule has 0 radical (unpaired) electrons. The third-order valence-corrected chi connectivity index (χ3v) is 7.58. The Bertz CT molecular complexity index is 1630. The number of halogens is 1. The Morgan fingerprint density at radius 3 is 2.61 bits per heavy atom. The third kappa shape index (κ3) is 5.35. The number of carbonyl (C=O) groups excluding carboxylic acids is 1. The van der Waals surface area contributed by atoms with E-state index in [0.717, 1.165) is 14.7 Å². The molecule has 4 rings (SSSR count). The van der Waals surface area contributed by atoms with Crippen LogP contribution in [0.5, 0.6) is 17.2 Å². The average Bonchev–Trinajstić information content (AvgIpc) is 3.21. The van der Waals surface area contributed by atoms with E-state index >= 15 is 0 Å². The Morgan fingerprint density at radius 2 is 1.97 bits per heavy atom. The molecule has 1 aliphatic heterocycles. The van der Waals surface area contributed by atoms with E-state index in [2.05, 4.69) is 33.5 Å². The minimum atomic E-state index is -0.701. The van der Waals surface area contributed by atoms with Gasteiger partial charge in [-0.05, 0) is 77.9 Å². The van der Waals surface area contributed by atoms with Gasteiger partial charge in [-0.1, -0.05) is 29.4 Å². The van der Waals surface area contributed by atoms with Gasteiger partial charge in [0, 0.05) is 0 Å². The first-order valence-electron chi connectivity index (χ1n) is 11.6. The fourth-order valence-corrected chi connectivity index (χ4v) is 5.95. The van der Waals surface area contributed by atoms with Crippen LogP contribution in [0.2, 0.25) is 0 Å². The summed E-state index contributed by atoms with van der Waals surface area (Å²) in [6, 6.07) is 10.2. The molecule has 1 atom stereocenters. The summed E-state index contributed by atoms with van der Waals surface area (Å²) >= 11 is 3.39. The molecule has 0 fully saturated rings.